The van der Waals surface area contributed by atoms with Crippen molar-refractivity contribution in [2.24, 2.45) is 17.1 Å². The molecule has 1 fully saturated rings. The summed E-state index contributed by atoms with van der Waals surface area (Å²) >= 11 is 0. The summed E-state index contributed by atoms with van der Waals surface area (Å²) in [5.41, 5.74) is 4.85. The first kappa shape index (κ1) is 16.9. The van der Waals surface area contributed by atoms with Crippen LogP contribution in [0.3, 0.4) is 0 Å². The predicted octanol–water partition coefficient (Wildman–Crippen LogP) is 0.444. The molecule has 1 amide bonds. The first-order valence-electron chi connectivity index (χ1n) is 6.97. The van der Waals surface area contributed by atoms with Gasteiger partial charge in [-0.2, -0.15) is 0 Å². The molecule has 0 radical (unpaired) electrons. The van der Waals surface area contributed by atoms with Gasteiger partial charge in [0.1, 0.15) is 5.54 Å². The van der Waals surface area contributed by atoms with Gasteiger partial charge in [-0.25, -0.2) is 0 Å². The molecular weight excluding hydrogens is 260 g/mol. The van der Waals surface area contributed by atoms with Crippen molar-refractivity contribution >= 4 is 11.9 Å². The van der Waals surface area contributed by atoms with Crippen molar-refractivity contribution in [3.63, 3.8) is 0 Å². The molecule has 0 spiro atoms. The molecule has 20 heavy (non-hydrogen) atoms. The standard InChI is InChI=1S/C14H26N2O4/c1-6-20-10-7-14(15,13(10,3)4)12(18)16-8-9(2)11(17)19-5/h9-10H,6-8,15H2,1-5H3,(H,16,18). The van der Waals surface area contributed by atoms with Crippen LogP contribution in [0.4, 0.5) is 0 Å². The van der Waals surface area contributed by atoms with Crippen LogP contribution < -0.4 is 11.1 Å². The highest BCUT2D eigenvalue weighted by molar-refractivity contribution is 5.89. The molecular formula is C14H26N2O4. The summed E-state index contributed by atoms with van der Waals surface area (Å²) in [4.78, 5) is 23.6. The van der Waals surface area contributed by atoms with E-state index in [9.17, 15) is 9.59 Å². The van der Waals surface area contributed by atoms with Crippen molar-refractivity contribution in [1.29, 1.82) is 0 Å². The number of amides is 1. The van der Waals surface area contributed by atoms with E-state index in [1.54, 1.807) is 6.92 Å². The Morgan fingerprint density at radius 2 is 2.05 bits per heavy atom. The van der Waals surface area contributed by atoms with E-state index >= 15 is 0 Å². The molecule has 1 saturated carbocycles. The molecule has 3 atom stereocenters. The summed E-state index contributed by atoms with van der Waals surface area (Å²) in [6.07, 6.45) is 0.480. The highest BCUT2D eigenvalue weighted by Crippen LogP contribution is 2.49. The summed E-state index contributed by atoms with van der Waals surface area (Å²) in [7, 11) is 1.33. The van der Waals surface area contributed by atoms with Gasteiger partial charge in [0.25, 0.3) is 0 Å². The van der Waals surface area contributed by atoms with Crippen LogP contribution in [-0.4, -0.2) is 43.8 Å². The smallest absolute Gasteiger partial charge is 0.310 e. The largest absolute Gasteiger partial charge is 0.469 e. The number of esters is 1. The number of rotatable bonds is 6. The van der Waals surface area contributed by atoms with Gasteiger partial charge in [0.15, 0.2) is 0 Å². The van der Waals surface area contributed by atoms with Crippen molar-refractivity contribution in [3.8, 4) is 0 Å². The topological polar surface area (TPSA) is 90.6 Å². The van der Waals surface area contributed by atoms with Gasteiger partial charge in [0, 0.05) is 25.0 Å². The molecule has 6 nitrogen and oxygen atoms in total. The van der Waals surface area contributed by atoms with Gasteiger partial charge in [-0.05, 0) is 6.92 Å². The average molecular weight is 286 g/mol. The van der Waals surface area contributed by atoms with E-state index < -0.39 is 16.9 Å². The Balaban J connectivity index is 2.58. The molecule has 0 aromatic rings. The molecule has 0 aromatic carbocycles. The van der Waals surface area contributed by atoms with Gasteiger partial charge in [-0.15, -0.1) is 0 Å². The number of hydrogen-bond donors (Lipinski definition) is 2. The maximum atomic E-state index is 12.3. The Labute approximate surface area is 120 Å². The van der Waals surface area contributed by atoms with E-state index in [0.29, 0.717) is 13.0 Å². The Morgan fingerprint density at radius 1 is 1.45 bits per heavy atom. The Morgan fingerprint density at radius 3 is 2.50 bits per heavy atom. The van der Waals surface area contributed by atoms with Crippen LogP contribution in [-0.2, 0) is 19.1 Å². The van der Waals surface area contributed by atoms with Crippen LogP contribution in [0.1, 0.15) is 34.1 Å². The van der Waals surface area contributed by atoms with Crippen molar-refractivity contribution in [2.75, 3.05) is 20.3 Å². The third kappa shape index (κ3) is 2.81. The Hall–Kier alpha value is -1.14. The van der Waals surface area contributed by atoms with E-state index in [1.807, 2.05) is 20.8 Å². The SMILES string of the molecule is CCOC1CC(N)(C(=O)NCC(C)C(=O)OC)C1(C)C. The van der Waals surface area contributed by atoms with E-state index in [0.717, 1.165) is 0 Å². The summed E-state index contributed by atoms with van der Waals surface area (Å²) in [5, 5.41) is 2.74. The minimum absolute atomic E-state index is 0.0127. The number of carbonyl (C=O) groups excluding carboxylic acids is 2. The first-order valence-corrected chi connectivity index (χ1v) is 6.97. The maximum absolute atomic E-state index is 12.3. The second-order valence-electron chi connectivity index (χ2n) is 5.98. The molecule has 116 valence electrons. The van der Waals surface area contributed by atoms with E-state index in [4.69, 9.17) is 10.5 Å². The fourth-order valence-corrected chi connectivity index (χ4v) is 2.51. The average Bonchev–Trinajstić information content (AvgIpc) is 2.42. The highest BCUT2D eigenvalue weighted by Gasteiger charge is 2.62. The maximum Gasteiger partial charge on any atom is 0.310 e. The first-order chi connectivity index (χ1) is 9.20. The minimum Gasteiger partial charge on any atom is -0.469 e. The van der Waals surface area contributed by atoms with Gasteiger partial charge < -0.3 is 20.5 Å². The zero-order valence-corrected chi connectivity index (χ0v) is 13.0. The third-order valence-electron chi connectivity index (χ3n) is 4.41. The number of methoxy groups -OCH3 is 1. The van der Waals surface area contributed by atoms with Crippen molar-refractivity contribution in [3.05, 3.63) is 0 Å². The molecule has 1 rings (SSSR count). The quantitative estimate of drug-likeness (QED) is 0.692. The number of ether oxygens (including phenoxy) is 2. The van der Waals surface area contributed by atoms with Crippen molar-refractivity contribution in [1.82, 2.24) is 5.32 Å². The summed E-state index contributed by atoms with van der Waals surface area (Å²) < 4.78 is 10.2. The van der Waals surface area contributed by atoms with Crippen molar-refractivity contribution in [2.45, 2.75) is 45.8 Å². The monoisotopic (exact) mass is 286 g/mol. The number of carbonyl (C=O) groups is 2. The number of nitrogens with one attached hydrogen (secondary N) is 1. The molecule has 0 heterocycles. The molecule has 0 bridgehead atoms. The summed E-state index contributed by atoms with van der Waals surface area (Å²) in [6, 6.07) is 0. The van der Waals surface area contributed by atoms with E-state index in [1.165, 1.54) is 7.11 Å². The molecule has 6 heteroatoms. The summed E-state index contributed by atoms with van der Waals surface area (Å²) in [6.45, 7) is 8.31. The minimum atomic E-state index is -0.956. The van der Waals surface area contributed by atoms with Crippen LogP contribution in [0.2, 0.25) is 0 Å². The van der Waals surface area contributed by atoms with Crippen LogP contribution in [0, 0.1) is 11.3 Å². The Bertz CT molecular complexity index is 383. The molecule has 3 N–H and O–H groups in total. The summed E-state index contributed by atoms with van der Waals surface area (Å²) in [5.74, 6) is -0.982. The fraction of sp³-hybridized carbons (Fsp3) is 0.857. The van der Waals surface area contributed by atoms with Crippen LogP contribution in [0.25, 0.3) is 0 Å². The van der Waals surface area contributed by atoms with E-state index in [-0.39, 0.29) is 24.5 Å². The molecule has 1 aliphatic rings. The highest BCUT2D eigenvalue weighted by atomic mass is 16.5. The zero-order chi connectivity index (χ0) is 15.6. The second kappa shape index (κ2) is 6.10. The molecule has 0 aliphatic heterocycles. The lowest BCUT2D eigenvalue weighted by molar-refractivity contribution is -0.170. The van der Waals surface area contributed by atoms with Crippen LogP contribution in [0.15, 0.2) is 0 Å². The second-order valence-corrected chi connectivity index (χ2v) is 5.98. The van der Waals surface area contributed by atoms with Gasteiger partial charge in [-0.1, -0.05) is 20.8 Å². The molecule has 0 saturated heterocycles. The fourth-order valence-electron chi connectivity index (χ4n) is 2.51. The van der Waals surface area contributed by atoms with Gasteiger partial charge >= 0.3 is 5.97 Å². The van der Waals surface area contributed by atoms with Gasteiger partial charge in [0.2, 0.25) is 5.91 Å². The van der Waals surface area contributed by atoms with Gasteiger partial charge in [-0.3, -0.25) is 9.59 Å². The lowest BCUT2D eigenvalue weighted by Crippen LogP contribution is -2.75. The molecule has 0 aromatic heterocycles. The predicted molar refractivity (Wildman–Crippen MR) is 74.9 cm³/mol. The number of nitrogens with two attached hydrogens (primary N) is 1. The normalized spacial score (nSPS) is 29.2. The zero-order valence-electron chi connectivity index (χ0n) is 13.0. The molecule has 3 unspecified atom stereocenters. The molecule has 1 aliphatic carbocycles. The number of hydrogen-bond acceptors (Lipinski definition) is 5. The lowest BCUT2D eigenvalue weighted by atomic mass is 9.54. The Kier molecular flexibility index (Phi) is 5.15. The van der Waals surface area contributed by atoms with Crippen molar-refractivity contribution < 1.29 is 19.1 Å². The van der Waals surface area contributed by atoms with Crippen LogP contribution >= 0.6 is 0 Å². The van der Waals surface area contributed by atoms with E-state index in [2.05, 4.69) is 10.1 Å². The van der Waals surface area contributed by atoms with Gasteiger partial charge in [0.05, 0.1) is 19.1 Å². The lowest BCUT2D eigenvalue weighted by Gasteiger charge is -2.57. The third-order valence-corrected chi connectivity index (χ3v) is 4.41. The van der Waals surface area contributed by atoms with Crippen LogP contribution in [0.5, 0.6) is 0 Å².